The molecule has 7 heteroatoms. The first-order chi connectivity index (χ1) is 12.1. The average Bonchev–Trinajstić information content (AvgIpc) is 3.00. The van der Waals surface area contributed by atoms with Crippen LogP contribution in [0.2, 0.25) is 0 Å². The molecular formula is C18H25FN4OS. The van der Waals surface area contributed by atoms with Gasteiger partial charge >= 0.3 is 0 Å². The number of benzene rings is 1. The zero-order valence-electron chi connectivity index (χ0n) is 14.9. The highest BCUT2D eigenvalue weighted by Crippen LogP contribution is 2.18. The van der Waals surface area contributed by atoms with Crippen LogP contribution in [0.25, 0.3) is 0 Å². The highest BCUT2D eigenvalue weighted by Gasteiger charge is 2.05. The highest BCUT2D eigenvalue weighted by atomic mass is 32.1. The third-order valence-electron chi connectivity index (χ3n) is 3.40. The van der Waals surface area contributed by atoms with Crippen molar-refractivity contribution in [3.63, 3.8) is 0 Å². The second-order valence-corrected chi connectivity index (χ2v) is 6.49. The van der Waals surface area contributed by atoms with Crippen molar-refractivity contribution >= 4 is 17.3 Å². The Hall–Kier alpha value is -2.15. The van der Waals surface area contributed by atoms with Gasteiger partial charge in [-0.2, -0.15) is 0 Å². The number of halogens is 1. The van der Waals surface area contributed by atoms with Gasteiger partial charge in [-0.1, -0.05) is 6.07 Å². The summed E-state index contributed by atoms with van der Waals surface area (Å²) in [6, 6.07) is 4.95. The molecule has 0 aliphatic rings. The molecule has 0 atom stereocenters. The zero-order valence-corrected chi connectivity index (χ0v) is 15.8. The molecule has 2 N–H and O–H groups in total. The molecule has 0 radical (unpaired) electrons. The van der Waals surface area contributed by atoms with E-state index in [9.17, 15) is 4.39 Å². The van der Waals surface area contributed by atoms with Crippen LogP contribution >= 0.6 is 11.3 Å². The molecular weight excluding hydrogens is 339 g/mol. The van der Waals surface area contributed by atoms with E-state index in [-0.39, 0.29) is 11.6 Å². The summed E-state index contributed by atoms with van der Waals surface area (Å²) in [5, 5.41) is 9.62. The maximum Gasteiger partial charge on any atom is 0.191 e. The van der Waals surface area contributed by atoms with Gasteiger partial charge in [0.05, 0.1) is 23.9 Å². The van der Waals surface area contributed by atoms with Crippen LogP contribution in [-0.2, 0) is 13.0 Å². The summed E-state index contributed by atoms with van der Waals surface area (Å²) in [6.07, 6.45) is 0.840. The lowest BCUT2D eigenvalue weighted by Crippen LogP contribution is -2.38. The number of nitrogens with one attached hydrogen (secondary N) is 2. The Labute approximate surface area is 152 Å². The van der Waals surface area contributed by atoms with Crippen molar-refractivity contribution < 1.29 is 9.13 Å². The monoisotopic (exact) mass is 364 g/mol. The van der Waals surface area contributed by atoms with E-state index in [1.807, 2.05) is 26.8 Å². The first-order valence-electron chi connectivity index (χ1n) is 8.46. The fourth-order valence-electron chi connectivity index (χ4n) is 2.26. The molecule has 0 amide bonds. The maximum absolute atomic E-state index is 13.9. The number of nitrogens with zero attached hydrogens (tertiary/aromatic N) is 2. The smallest absolute Gasteiger partial charge is 0.191 e. The summed E-state index contributed by atoms with van der Waals surface area (Å²) in [6.45, 7) is 8.20. The average molecular weight is 364 g/mol. The van der Waals surface area contributed by atoms with E-state index in [2.05, 4.69) is 26.0 Å². The third-order valence-corrected chi connectivity index (χ3v) is 4.22. The second-order valence-electron chi connectivity index (χ2n) is 5.43. The molecule has 2 aromatic rings. The number of aliphatic imine (C=N–C) groups is 1. The standard InChI is InChI=1S/C18H25FN4OS/c1-4-20-18(21-9-8-15-12-25-13(3)23-15)22-11-14-6-7-17(24-5-2)16(19)10-14/h6-7,10,12H,4-5,8-9,11H2,1-3H3,(H2,20,21,22). The van der Waals surface area contributed by atoms with Gasteiger partial charge in [-0.05, 0) is 38.5 Å². The van der Waals surface area contributed by atoms with E-state index in [0.29, 0.717) is 19.1 Å². The molecule has 0 unspecified atom stereocenters. The number of guanidine groups is 1. The quantitative estimate of drug-likeness (QED) is 0.557. The van der Waals surface area contributed by atoms with Gasteiger partial charge in [0.1, 0.15) is 0 Å². The summed E-state index contributed by atoms with van der Waals surface area (Å²) >= 11 is 1.66. The van der Waals surface area contributed by atoms with Gasteiger partial charge in [-0.15, -0.1) is 11.3 Å². The summed E-state index contributed by atoms with van der Waals surface area (Å²) < 4.78 is 19.1. The predicted molar refractivity (Wildman–Crippen MR) is 101 cm³/mol. The van der Waals surface area contributed by atoms with Gasteiger partial charge in [0, 0.05) is 24.9 Å². The van der Waals surface area contributed by atoms with Crippen molar-refractivity contribution in [3.05, 3.63) is 45.7 Å². The lowest BCUT2D eigenvalue weighted by Gasteiger charge is -2.11. The second kappa shape index (κ2) is 9.98. The molecule has 25 heavy (non-hydrogen) atoms. The van der Waals surface area contributed by atoms with Crippen molar-refractivity contribution in [3.8, 4) is 5.75 Å². The van der Waals surface area contributed by atoms with Gasteiger partial charge in [-0.3, -0.25) is 0 Å². The topological polar surface area (TPSA) is 58.5 Å². The number of aromatic nitrogens is 1. The largest absolute Gasteiger partial charge is 0.491 e. The van der Waals surface area contributed by atoms with Gasteiger partial charge in [0.25, 0.3) is 0 Å². The number of hydrogen-bond acceptors (Lipinski definition) is 4. The summed E-state index contributed by atoms with van der Waals surface area (Å²) in [5.74, 6) is 0.633. The molecule has 5 nitrogen and oxygen atoms in total. The summed E-state index contributed by atoms with van der Waals surface area (Å²) in [5.41, 5.74) is 1.88. The van der Waals surface area contributed by atoms with Crippen molar-refractivity contribution in [2.24, 2.45) is 4.99 Å². The highest BCUT2D eigenvalue weighted by molar-refractivity contribution is 7.09. The van der Waals surface area contributed by atoms with Crippen LogP contribution in [0.1, 0.15) is 30.1 Å². The molecule has 1 heterocycles. The molecule has 1 aromatic heterocycles. The number of thiazole rings is 1. The molecule has 0 fully saturated rings. The number of hydrogen-bond donors (Lipinski definition) is 2. The van der Waals surface area contributed by atoms with Crippen molar-refractivity contribution in [2.75, 3.05) is 19.7 Å². The molecule has 1 aromatic carbocycles. The van der Waals surface area contributed by atoms with Crippen LogP contribution in [0.3, 0.4) is 0 Å². The number of rotatable bonds is 8. The fourth-order valence-corrected chi connectivity index (χ4v) is 2.91. The van der Waals surface area contributed by atoms with Crippen LogP contribution < -0.4 is 15.4 Å². The predicted octanol–water partition coefficient (Wildman–Crippen LogP) is 3.29. The van der Waals surface area contributed by atoms with Crippen molar-refractivity contribution in [1.82, 2.24) is 15.6 Å². The van der Waals surface area contributed by atoms with Crippen LogP contribution in [0.5, 0.6) is 5.75 Å². The Kier molecular flexibility index (Phi) is 7.66. The van der Waals surface area contributed by atoms with Crippen molar-refractivity contribution in [1.29, 1.82) is 0 Å². The minimum atomic E-state index is -0.355. The zero-order chi connectivity index (χ0) is 18.1. The Bertz CT molecular complexity index is 702. The molecule has 0 aliphatic carbocycles. The van der Waals surface area contributed by atoms with Gasteiger partial charge in [-0.25, -0.2) is 14.4 Å². The Morgan fingerprint density at radius 3 is 2.80 bits per heavy atom. The molecule has 0 bridgehead atoms. The van der Waals surface area contributed by atoms with E-state index in [4.69, 9.17) is 4.74 Å². The minimum Gasteiger partial charge on any atom is -0.491 e. The van der Waals surface area contributed by atoms with Gasteiger partial charge in [0.2, 0.25) is 0 Å². The van der Waals surface area contributed by atoms with Crippen LogP contribution in [-0.4, -0.2) is 30.6 Å². The first-order valence-corrected chi connectivity index (χ1v) is 9.34. The van der Waals surface area contributed by atoms with Crippen LogP contribution in [0.15, 0.2) is 28.6 Å². The lowest BCUT2D eigenvalue weighted by atomic mass is 10.2. The first kappa shape index (κ1) is 19.2. The van der Waals surface area contributed by atoms with Gasteiger partial charge < -0.3 is 15.4 Å². The fraction of sp³-hybridized carbons (Fsp3) is 0.444. The molecule has 0 spiro atoms. The Morgan fingerprint density at radius 1 is 1.32 bits per heavy atom. The SMILES string of the molecule is CCNC(=NCc1ccc(OCC)c(F)c1)NCCc1csc(C)n1. The van der Waals surface area contributed by atoms with E-state index in [1.54, 1.807) is 17.4 Å². The third kappa shape index (κ3) is 6.34. The minimum absolute atomic E-state index is 0.277. The normalized spacial score (nSPS) is 11.4. The lowest BCUT2D eigenvalue weighted by molar-refractivity contribution is 0.321. The molecule has 0 aliphatic heterocycles. The van der Waals surface area contributed by atoms with Crippen molar-refractivity contribution in [2.45, 2.75) is 33.7 Å². The number of ether oxygens (including phenoxy) is 1. The Balaban J connectivity index is 1.90. The van der Waals surface area contributed by atoms with E-state index < -0.39 is 0 Å². The van der Waals surface area contributed by atoms with E-state index in [1.165, 1.54) is 6.07 Å². The van der Waals surface area contributed by atoms with E-state index in [0.717, 1.165) is 35.8 Å². The summed E-state index contributed by atoms with van der Waals surface area (Å²) in [4.78, 5) is 8.95. The van der Waals surface area contributed by atoms with E-state index >= 15 is 0 Å². The Morgan fingerprint density at radius 2 is 2.16 bits per heavy atom. The maximum atomic E-state index is 13.9. The molecule has 2 rings (SSSR count). The van der Waals surface area contributed by atoms with Gasteiger partial charge in [0.15, 0.2) is 17.5 Å². The van der Waals surface area contributed by atoms with Crippen LogP contribution in [0.4, 0.5) is 4.39 Å². The summed E-state index contributed by atoms with van der Waals surface area (Å²) in [7, 11) is 0. The molecule has 136 valence electrons. The number of aryl methyl sites for hydroxylation is 1. The molecule has 0 saturated carbocycles. The van der Waals surface area contributed by atoms with Crippen LogP contribution in [0, 0.1) is 12.7 Å². The molecule has 0 saturated heterocycles.